The number of allylic oxidation sites excluding steroid dienone is 8. The molecule has 3 heterocycles. The van der Waals surface area contributed by atoms with Gasteiger partial charge in [0.15, 0.2) is 5.71 Å². The van der Waals surface area contributed by atoms with Crippen molar-refractivity contribution < 1.29 is 51.2 Å². The molecular formula is C53H75N6O10S2+. The van der Waals surface area contributed by atoms with Gasteiger partial charge in [-0.25, -0.2) is 15.2 Å². The number of anilines is 1. The third-order valence-electron chi connectivity index (χ3n) is 13.0. The van der Waals surface area contributed by atoms with Gasteiger partial charge in [-0.1, -0.05) is 55.7 Å². The number of amides is 1. The number of carbonyl (C=O) groups is 2. The number of carbonyl (C=O) groups excluding carboxylic acids is 2. The SMILES string of the molecule is CCN1\C(=C/C=C/C=C/C=C/C2=[N+](CCCCCC(=O)NCCCC(=O)OCCCCCCN=C=NCCCN3CCOCC3)c3ccc(SOOO)cc3C2(C)C)C(C)(C)c2cc(S(=O)(=O)O)ccc21. The molecule has 388 valence electrons. The maximum Gasteiger partial charge on any atom is 0.305 e. The number of benzene rings is 2. The number of rotatable bonds is 30. The summed E-state index contributed by atoms with van der Waals surface area (Å²) in [4.78, 5) is 38.6. The Bertz CT molecular complexity index is 2420. The van der Waals surface area contributed by atoms with E-state index in [1.807, 2.05) is 75.4 Å². The molecule has 1 saturated heterocycles. The second-order valence-electron chi connectivity index (χ2n) is 18.8. The van der Waals surface area contributed by atoms with Crippen molar-refractivity contribution in [1.82, 2.24) is 10.2 Å². The number of fused-ring (bicyclic) bond motifs is 2. The predicted molar refractivity (Wildman–Crippen MR) is 279 cm³/mol. The molecule has 2 aromatic rings. The number of hydrogen-bond donors (Lipinski definition) is 3. The predicted octanol–water partition coefficient (Wildman–Crippen LogP) is 9.56. The van der Waals surface area contributed by atoms with Crippen molar-refractivity contribution in [3.05, 3.63) is 95.8 Å². The summed E-state index contributed by atoms with van der Waals surface area (Å²) in [6.45, 7) is 18.9. The number of aliphatic imine (C=N–C) groups is 2. The summed E-state index contributed by atoms with van der Waals surface area (Å²) in [5.41, 5.74) is 5.23. The fourth-order valence-corrected chi connectivity index (χ4v) is 10.1. The van der Waals surface area contributed by atoms with Crippen molar-refractivity contribution in [2.24, 2.45) is 9.98 Å². The lowest BCUT2D eigenvalue weighted by Crippen LogP contribution is -2.37. The number of nitrogens with zero attached hydrogens (tertiary/aromatic N) is 5. The smallest absolute Gasteiger partial charge is 0.305 e. The van der Waals surface area contributed by atoms with E-state index in [2.05, 4.69) is 60.6 Å². The van der Waals surface area contributed by atoms with Gasteiger partial charge in [0.1, 0.15) is 6.54 Å². The van der Waals surface area contributed by atoms with Crippen molar-refractivity contribution in [3.8, 4) is 0 Å². The van der Waals surface area contributed by atoms with E-state index in [4.69, 9.17) is 19.1 Å². The van der Waals surface area contributed by atoms with Gasteiger partial charge in [-0.2, -0.15) is 13.0 Å². The van der Waals surface area contributed by atoms with Gasteiger partial charge in [0.05, 0.1) is 54.7 Å². The molecule has 3 N–H and O–H groups in total. The zero-order valence-electron chi connectivity index (χ0n) is 42.3. The lowest BCUT2D eigenvalue weighted by atomic mass is 9.81. The van der Waals surface area contributed by atoms with Crippen LogP contribution in [0.1, 0.15) is 116 Å². The monoisotopic (exact) mass is 1020 g/mol. The zero-order chi connectivity index (χ0) is 51.1. The van der Waals surface area contributed by atoms with E-state index in [1.54, 1.807) is 12.1 Å². The third kappa shape index (κ3) is 17.5. The van der Waals surface area contributed by atoms with Gasteiger partial charge in [0.2, 0.25) is 11.6 Å². The molecule has 0 spiro atoms. The molecule has 1 fully saturated rings. The molecule has 0 atom stereocenters. The Morgan fingerprint density at radius 3 is 2.37 bits per heavy atom. The fourth-order valence-electron chi connectivity index (χ4n) is 9.18. The van der Waals surface area contributed by atoms with Gasteiger partial charge < -0.3 is 19.7 Å². The summed E-state index contributed by atoms with van der Waals surface area (Å²) in [5, 5.41) is 15.5. The first kappa shape index (κ1) is 57.2. The van der Waals surface area contributed by atoms with Crippen LogP contribution in [0.15, 0.2) is 104 Å². The number of nitrogens with one attached hydrogen (secondary N) is 1. The minimum absolute atomic E-state index is 0.0225. The van der Waals surface area contributed by atoms with E-state index >= 15 is 0 Å². The van der Waals surface area contributed by atoms with Crippen LogP contribution in [0.25, 0.3) is 0 Å². The highest BCUT2D eigenvalue weighted by molar-refractivity contribution is 7.94. The van der Waals surface area contributed by atoms with Gasteiger partial charge >= 0.3 is 5.97 Å². The third-order valence-corrected chi connectivity index (χ3v) is 14.5. The number of hydrogen-bond acceptors (Lipinski definition) is 14. The Morgan fingerprint density at radius 1 is 0.873 bits per heavy atom. The second-order valence-corrected chi connectivity index (χ2v) is 21.0. The second kappa shape index (κ2) is 29.1. The number of unbranched alkanes of at least 4 members (excludes halogenated alkanes) is 5. The maximum absolute atomic E-state index is 12.6. The van der Waals surface area contributed by atoms with Gasteiger partial charge in [-0.15, -0.1) is 4.33 Å². The van der Waals surface area contributed by atoms with E-state index in [-0.39, 0.29) is 28.6 Å². The number of ether oxygens (including phenoxy) is 2. The molecule has 71 heavy (non-hydrogen) atoms. The molecule has 3 aliphatic heterocycles. The van der Waals surface area contributed by atoms with Crippen molar-refractivity contribution in [2.45, 2.75) is 126 Å². The van der Waals surface area contributed by atoms with E-state index < -0.39 is 15.5 Å². The summed E-state index contributed by atoms with van der Waals surface area (Å²) < 4.78 is 51.3. The molecule has 0 radical (unpaired) electrons. The first-order chi connectivity index (χ1) is 34.2. The van der Waals surface area contributed by atoms with Crippen LogP contribution < -0.4 is 10.2 Å². The topological polar surface area (TPSA) is 192 Å². The Balaban J connectivity index is 1.01. The zero-order valence-corrected chi connectivity index (χ0v) is 43.9. The number of morpholine rings is 1. The van der Waals surface area contributed by atoms with Crippen molar-refractivity contribution in [1.29, 1.82) is 0 Å². The molecule has 1 amide bonds. The lowest BCUT2D eigenvalue weighted by Gasteiger charge is -2.25. The van der Waals surface area contributed by atoms with E-state index in [1.165, 1.54) is 6.07 Å². The van der Waals surface area contributed by atoms with Crippen LogP contribution >= 0.6 is 12.0 Å². The van der Waals surface area contributed by atoms with Crippen molar-refractivity contribution in [2.75, 3.05) is 77.1 Å². The van der Waals surface area contributed by atoms with Crippen LogP contribution in [0.2, 0.25) is 0 Å². The average molecular weight is 1020 g/mol. The summed E-state index contributed by atoms with van der Waals surface area (Å²) in [6.07, 6.45) is 22.5. The van der Waals surface area contributed by atoms with E-state index in [9.17, 15) is 22.6 Å². The molecule has 18 heteroatoms. The Kier molecular flexibility index (Phi) is 23.4. The van der Waals surface area contributed by atoms with Crippen LogP contribution in [0, 0.1) is 0 Å². The Hall–Kier alpha value is -4.75. The molecule has 2 aromatic carbocycles. The highest BCUT2D eigenvalue weighted by Crippen LogP contribution is 2.48. The molecule has 16 nitrogen and oxygen atoms in total. The summed E-state index contributed by atoms with van der Waals surface area (Å²) >= 11 is 0.925. The summed E-state index contributed by atoms with van der Waals surface area (Å²) in [6, 6.07) is 13.6. The maximum atomic E-state index is 12.6. The fraction of sp³-hybridized carbons (Fsp3) is 0.547. The van der Waals surface area contributed by atoms with Crippen LogP contribution in [0.4, 0.5) is 11.4 Å². The highest BCUT2D eigenvalue weighted by Gasteiger charge is 2.44. The first-order valence-corrected chi connectivity index (χ1v) is 27.2. The molecule has 0 aliphatic carbocycles. The normalized spacial score (nSPS) is 17.1. The molecule has 5 rings (SSSR count). The molecular weight excluding hydrogens is 945 g/mol. The minimum Gasteiger partial charge on any atom is -0.466 e. The highest BCUT2D eigenvalue weighted by atomic mass is 32.2. The van der Waals surface area contributed by atoms with Crippen LogP contribution in [0.3, 0.4) is 0 Å². The van der Waals surface area contributed by atoms with Crippen molar-refractivity contribution >= 4 is 57.1 Å². The minimum atomic E-state index is -4.33. The van der Waals surface area contributed by atoms with Gasteiger partial charge in [-0.3, -0.25) is 19.0 Å². The van der Waals surface area contributed by atoms with Gasteiger partial charge in [0.25, 0.3) is 10.1 Å². The molecule has 0 bridgehead atoms. The van der Waals surface area contributed by atoms with Crippen molar-refractivity contribution in [3.63, 3.8) is 0 Å². The molecule has 0 unspecified atom stereocenters. The van der Waals surface area contributed by atoms with Gasteiger partial charge in [0, 0.05) is 97.9 Å². The summed E-state index contributed by atoms with van der Waals surface area (Å²) in [5.74, 6) is -0.260. The quantitative estimate of drug-likeness (QED) is 0.00772. The lowest BCUT2D eigenvalue weighted by molar-refractivity contribution is -0.438. The Morgan fingerprint density at radius 2 is 1.61 bits per heavy atom. The number of esters is 1. The van der Waals surface area contributed by atoms with Crippen LogP contribution in [0.5, 0.6) is 0 Å². The largest absolute Gasteiger partial charge is 0.466 e. The summed E-state index contributed by atoms with van der Waals surface area (Å²) in [7, 11) is -4.33. The number of likely N-dealkylation sites (N-methyl/N-ethyl adjacent to an activating group) is 1. The van der Waals surface area contributed by atoms with Gasteiger partial charge in [-0.05, 0) is 108 Å². The van der Waals surface area contributed by atoms with Crippen LogP contribution in [-0.2, 0) is 49.4 Å². The van der Waals surface area contributed by atoms with E-state index in [0.29, 0.717) is 39.1 Å². The first-order valence-electron chi connectivity index (χ1n) is 25.0. The molecule has 0 saturated carbocycles. The van der Waals surface area contributed by atoms with Crippen LogP contribution in [-0.4, -0.2) is 123 Å². The Labute approximate surface area is 425 Å². The average Bonchev–Trinajstić information content (AvgIpc) is 3.70. The molecule has 3 aliphatic rings. The van der Waals surface area contributed by atoms with E-state index in [0.717, 1.165) is 148 Å². The molecule has 0 aromatic heterocycles. The standard InChI is InChI=1S/C53H74N6O10S2/c1-6-58-46-28-26-43(71(63,64)65)40-45(46)53(4,5)48(58)21-13-8-7-9-14-22-49-52(2,3)44-39-42(70-69-68-62)25-27-47(44)59(49)33-17-12-15-23-50(60)56-31-19-24-51(61)67-36-18-11-10-16-29-54-41-55-30-20-32-57-34-37-66-38-35-57/h7-9,13-14,21-22,25-28,39-40H,6,10-12,15-20,23-24,29-38H2,1-5H3,(H2-,56,60,62,63,64,65)/p+1.